The highest BCUT2D eigenvalue weighted by atomic mass is 16.6. The molecule has 0 aromatic carbocycles. The van der Waals surface area contributed by atoms with Crippen molar-refractivity contribution in [3.63, 3.8) is 0 Å². The van der Waals surface area contributed by atoms with Crippen molar-refractivity contribution in [3.05, 3.63) is 0 Å². The first-order valence-electron chi connectivity index (χ1n) is 4.94. The monoisotopic (exact) mass is 212 g/mol. The molecule has 0 amide bonds. The van der Waals surface area contributed by atoms with Gasteiger partial charge in [0.2, 0.25) is 0 Å². The molecule has 0 aromatic heterocycles. The lowest BCUT2D eigenvalue weighted by molar-refractivity contribution is -0.161. The SMILES string of the molecule is C#CCCC(C(=O)OCC)C(=O)OCC. The Morgan fingerprint density at radius 3 is 2.00 bits per heavy atom. The summed E-state index contributed by atoms with van der Waals surface area (Å²) in [5, 5.41) is 0. The van der Waals surface area contributed by atoms with Gasteiger partial charge in [-0.05, 0) is 20.3 Å². The molecule has 0 N–H and O–H groups in total. The maximum Gasteiger partial charge on any atom is 0.320 e. The van der Waals surface area contributed by atoms with E-state index < -0.39 is 17.9 Å². The number of hydrogen-bond acceptors (Lipinski definition) is 4. The van der Waals surface area contributed by atoms with E-state index in [9.17, 15) is 9.59 Å². The van der Waals surface area contributed by atoms with Crippen molar-refractivity contribution in [1.29, 1.82) is 0 Å². The molecule has 0 rings (SSSR count). The van der Waals surface area contributed by atoms with Crippen LogP contribution in [0.25, 0.3) is 0 Å². The lowest BCUT2D eigenvalue weighted by Gasteiger charge is -2.12. The molecule has 0 atom stereocenters. The molecule has 0 aliphatic rings. The Labute approximate surface area is 89.9 Å². The van der Waals surface area contributed by atoms with Crippen LogP contribution in [0, 0.1) is 18.3 Å². The highest BCUT2D eigenvalue weighted by Gasteiger charge is 2.28. The zero-order valence-corrected chi connectivity index (χ0v) is 9.12. The Hall–Kier alpha value is -1.50. The number of terminal acetylenes is 1. The van der Waals surface area contributed by atoms with Crippen LogP contribution in [0.2, 0.25) is 0 Å². The third-order valence-electron chi connectivity index (χ3n) is 1.72. The summed E-state index contributed by atoms with van der Waals surface area (Å²) in [5.41, 5.74) is 0. The number of rotatable bonds is 6. The Morgan fingerprint density at radius 2 is 1.67 bits per heavy atom. The number of esters is 2. The fraction of sp³-hybridized carbons (Fsp3) is 0.636. The van der Waals surface area contributed by atoms with E-state index in [0.717, 1.165) is 0 Å². The second-order valence-corrected chi connectivity index (χ2v) is 2.80. The van der Waals surface area contributed by atoms with Gasteiger partial charge in [-0.15, -0.1) is 12.3 Å². The fourth-order valence-corrected chi connectivity index (χ4v) is 1.05. The van der Waals surface area contributed by atoms with Gasteiger partial charge in [-0.1, -0.05) is 0 Å². The van der Waals surface area contributed by atoms with E-state index >= 15 is 0 Å². The van der Waals surface area contributed by atoms with E-state index in [1.165, 1.54) is 0 Å². The number of carbonyl (C=O) groups is 2. The van der Waals surface area contributed by atoms with E-state index in [-0.39, 0.29) is 19.6 Å². The van der Waals surface area contributed by atoms with Gasteiger partial charge in [0.15, 0.2) is 5.92 Å². The maximum absolute atomic E-state index is 11.4. The molecule has 15 heavy (non-hydrogen) atoms. The zero-order valence-electron chi connectivity index (χ0n) is 9.12. The van der Waals surface area contributed by atoms with E-state index in [2.05, 4.69) is 5.92 Å². The highest BCUT2D eigenvalue weighted by Crippen LogP contribution is 2.11. The molecule has 4 nitrogen and oxygen atoms in total. The summed E-state index contributed by atoms with van der Waals surface area (Å²) in [4.78, 5) is 22.7. The average Bonchev–Trinajstić information content (AvgIpc) is 2.19. The minimum Gasteiger partial charge on any atom is -0.465 e. The van der Waals surface area contributed by atoms with Gasteiger partial charge in [-0.2, -0.15) is 0 Å². The molecule has 0 aliphatic heterocycles. The zero-order chi connectivity index (χ0) is 11.7. The van der Waals surface area contributed by atoms with E-state index in [1.54, 1.807) is 13.8 Å². The third kappa shape index (κ3) is 5.06. The van der Waals surface area contributed by atoms with Crippen molar-refractivity contribution >= 4 is 11.9 Å². The normalized spacial score (nSPS) is 9.47. The van der Waals surface area contributed by atoms with Crippen LogP contribution < -0.4 is 0 Å². The molecule has 84 valence electrons. The maximum atomic E-state index is 11.4. The largest absolute Gasteiger partial charge is 0.465 e. The Kier molecular flexibility index (Phi) is 7.08. The predicted octanol–water partition coefficient (Wildman–Crippen LogP) is 1.14. The molecule has 0 radical (unpaired) electrons. The summed E-state index contributed by atoms with van der Waals surface area (Å²) < 4.78 is 9.52. The molecule has 0 saturated carbocycles. The van der Waals surface area contributed by atoms with Crippen molar-refractivity contribution in [2.45, 2.75) is 26.7 Å². The first-order valence-corrected chi connectivity index (χ1v) is 4.94. The molecule has 0 saturated heterocycles. The minimum atomic E-state index is -0.888. The summed E-state index contributed by atoms with van der Waals surface area (Å²) in [5.74, 6) is 0.361. The van der Waals surface area contributed by atoms with Gasteiger partial charge in [0.25, 0.3) is 0 Å². The van der Waals surface area contributed by atoms with Gasteiger partial charge < -0.3 is 9.47 Å². The van der Waals surface area contributed by atoms with Crippen molar-refractivity contribution in [2.24, 2.45) is 5.92 Å². The second kappa shape index (κ2) is 7.86. The number of ether oxygens (including phenoxy) is 2. The summed E-state index contributed by atoms with van der Waals surface area (Å²) in [6.45, 7) is 3.85. The highest BCUT2D eigenvalue weighted by molar-refractivity contribution is 5.94. The summed E-state index contributed by atoms with van der Waals surface area (Å²) >= 11 is 0. The summed E-state index contributed by atoms with van der Waals surface area (Å²) in [6, 6.07) is 0. The van der Waals surface area contributed by atoms with E-state index in [1.807, 2.05) is 0 Å². The predicted molar refractivity (Wildman–Crippen MR) is 54.8 cm³/mol. The fourth-order valence-electron chi connectivity index (χ4n) is 1.05. The molecule has 0 spiro atoms. The van der Waals surface area contributed by atoms with Crippen LogP contribution in [0.15, 0.2) is 0 Å². The molecular formula is C11H16O4. The Balaban J connectivity index is 4.36. The average molecular weight is 212 g/mol. The molecule has 0 bridgehead atoms. The summed E-state index contributed by atoms with van der Waals surface area (Å²) in [6.07, 6.45) is 5.69. The standard InChI is InChI=1S/C11H16O4/c1-4-7-8-9(10(12)14-5-2)11(13)15-6-3/h1,9H,5-8H2,2-3H3. The van der Waals surface area contributed by atoms with Crippen molar-refractivity contribution < 1.29 is 19.1 Å². The Bertz CT molecular complexity index is 234. The van der Waals surface area contributed by atoms with Gasteiger partial charge in [-0.3, -0.25) is 9.59 Å². The van der Waals surface area contributed by atoms with Crippen LogP contribution in [-0.4, -0.2) is 25.2 Å². The third-order valence-corrected chi connectivity index (χ3v) is 1.72. The second-order valence-electron chi connectivity index (χ2n) is 2.80. The van der Waals surface area contributed by atoms with Gasteiger partial charge in [-0.25, -0.2) is 0 Å². The van der Waals surface area contributed by atoms with Crippen LogP contribution >= 0.6 is 0 Å². The van der Waals surface area contributed by atoms with Crippen LogP contribution in [0.4, 0.5) is 0 Å². The van der Waals surface area contributed by atoms with Gasteiger partial charge in [0.05, 0.1) is 13.2 Å². The molecule has 0 heterocycles. The van der Waals surface area contributed by atoms with Gasteiger partial charge in [0, 0.05) is 6.42 Å². The molecule has 4 heteroatoms. The van der Waals surface area contributed by atoms with Crippen molar-refractivity contribution in [1.82, 2.24) is 0 Å². The topological polar surface area (TPSA) is 52.6 Å². The van der Waals surface area contributed by atoms with Crippen LogP contribution in [0.1, 0.15) is 26.7 Å². The van der Waals surface area contributed by atoms with Crippen LogP contribution in [0.5, 0.6) is 0 Å². The smallest absolute Gasteiger partial charge is 0.320 e. The van der Waals surface area contributed by atoms with Gasteiger partial charge in [0.1, 0.15) is 0 Å². The first kappa shape index (κ1) is 13.5. The molecule has 0 fully saturated rings. The first-order chi connectivity index (χ1) is 7.17. The Morgan fingerprint density at radius 1 is 1.20 bits per heavy atom. The van der Waals surface area contributed by atoms with E-state index in [0.29, 0.717) is 6.42 Å². The van der Waals surface area contributed by atoms with Crippen molar-refractivity contribution in [3.8, 4) is 12.3 Å². The quantitative estimate of drug-likeness (QED) is 0.376. The van der Waals surface area contributed by atoms with E-state index in [4.69, 9.17) is 15.9 Å². The summed E-state index contributed by atoms with van der Waals surface area (Å²) in [7, 11) is 0. The molecule has 0 aromatic rings. The lowest BCUT2D eigenvalue weighted by atomic mass is 10.0. The van der Waals surface area contributed by atoms with Crippen LogP contribution in [-0.2, 0) is 19.1 Å². The molecule has 0 aliphatic carbocycles. The van der Waals surface area contributed by atoms with Crippen LogP contribution in [0.3, 0.4) is 0 Å². The number of hydrogen-bond donors (Lipinski definition) is 0. The van der Waals surface area contributed by atoms with Gasteiger partial charge >= 0.3 is 11.9 Å². The molecular weight excluding hydrogens is 196 g/mol. The lowest BCUT2D eigenvalue weighted by Crippen LogP contribution is -2.28. The number of carbonyl (C=O) groups excluding carboxylic acids is 2. The van der Waals surface area contributed by atoms with Crippen molar-refractivity contribution in [2.75, 3.05) is 13.2 Å². The molecule has 0 unspecified atom stereocenters. The minimum absolute atomic E-state index is 0.241.